The van der Waals surface area contributed by atoms with Crippen LogP contribution in [0.15, 0.2) is 36.5 Å². The summed E-state index contributed by atoms with van der Waals surface area (Å²) in [6.45, 7) is 1.84. The first-order valence-electron chi connectivity index (χ1n) is 5.60. The second-order valence-corrected chi connectivity index (χ2v) is 4.09. The van der Waals surface area contributed by atoms with Crippen LogP contribution in [0.3, 0.4) is 0 Å². The maximum Gasteiger partial charge on any atom is 0.336 e. The number of amides is 1. The maximum atomic E-state index is 11.5. The summed E-state index contributed by atoms with van der Waals surface area (Å²) in [5.41, 5.74) is 7.15. The summed E-state index contributed by atoms with van der Waals surface area (Å²) in [6, 6.07) is 8.14. The van der Waals surface area contributed by atoms with Crippen LogP contribution in [0.25, 0.3) is 11.1 Å². The first kappa shape index (κ1) is 12.8. The van der Waals surface area contributed by atoms with Crippen molar-refractivity contribution in [1.29, 1.82) is 0 Å². The Hall–Kier alpha value is -2.69. The van der Waals surface area contributed by atoms with Crippen LogP contribution in [0.5, 0.6) is 0 Å². The van der Waals surface area contributed by atoms with E-state index in [1.807, 2.05) is 6.92 Å². The topological polar surface area (TPSA) is 93.3 Å². The van der Waals surface area contributed by atoms with Crippen molar-refractivity contribution < 1.29 is 14.7 Å². The van der Waals surface area contributed by atoms with E-state index in [0.717, 1.165) is 5.69 Å². The van der Waals surface area contributed by atoms with Gasteiger partial charge in [-0.05, 0) is 24.6 Å². The van der Waals surface area contributed by atoms with Crippen molar-refractivity contribution in [3.05, 3.63) is 53.3 Å². The van der Waals surface area contributed by atoms with Crippen molar-refractivity contribution in [3.8, 4) is 11.1 Å². The second-order valence-electron chi connectivity index (χ2n) is 4.09. The number of aryl methyl sites for hydroxylation is 1. The molecule has 96 valence electrons. The van der Waals surface area contributed by atoms with Gasteiger partial charge in [-0.3, -0.25) is 9.78 Å². The lowest BCUT2D eigenvalue weighted by atomic mass is 9.95. The molecule has 1 aromatic carbocycles. The minimum Gasteiger partial charge on any atom is -0.478 e. The van der Waals surface area contributed by atoms with Crippen LogP contribution in [0, 0.1) is 6.92 Å². The third-order valence-corrected chi connectivity index (χ3v) is 2.76. The highest BCUT2D eigenvalue weighted by Crippen LogP contribution is 2.25. The Morgan fingerprint density at radius 3 is 2.47 bits per heavy atom. The molecule has 1 amide bonds. The fourth-order valence-electron chi connectivity index (χ4n) is 1.86. The number of carbonyl (C=O) groups excluding carboxylic acids is 1. The third kappa shape index (κ3) is 2.44. The molecule has 3 N–H and O–H groups in total. The van der Waals surface area contributed by atoms with E-state index in [4.69, 9.17) is 10.8 Å². The van der Waals surface area contributed by atoms with Crippen LogP contribution >= 0.6 is 0 Å². The molecule has 0 aliphatic carbocycles. The SMILES string of the molecule is Cc1ccc(-c2cccc(C(=O)O)c2C(N)=O)cn1. The molecular formula is C14H12N2O3. The zero-order valence-corrected chi connectivity index (χ0v) is 10.3. The molecule has 1 heterocycles. The lowest BCUT2D eigenvalue weighted by molar-refractivity contribution is 0.0692. The Balaban J connectivity index is 2.69. The molecule has 0 radical (unpaired) electrons. The number of pyridine rings is 1. The maximum absolute atomic E-state index is 11.5. The Bertz CT molecular complexity index is 648. The van der Waals surface area contributed by atoms with Gasteiger partial charge in [0.15, 0.2) is 0 Å². The highest BCUT2D eigenvalue weighted by Gasteiger charge is 2.19. The number of primary amides is 1. The number of nitrogens with zero attached hydrogens (tertiary/aromatic N) is 1. The summed E-state index contributed by atoms with van der Waals surface area (Å²) in [4.78, 5) is 26.8. The zero-order valence-electron chi connectivity index (χ0n) is 10.3. The first-order valence-corrected chi connectivity index (χ1v) is 5.60. The predicted molar refractivity (Wildman–Crippen MR) is 69.9 cm³/mol. The van der Waals surface area contributed by atoms with Gasteiger partial charge in [0.1, 0.15) is 0 Å². The Kier molecular flexibility index (Phi) is 3.29. The molecule has 0 unspecified atom stereocenters. The van der Waals surface area contributed by atoms with Gasteiger partial charge in [-0.25, -0.2) is 4.79 Å². The fraction of sp³-hybridized carbons (Fsp3) is 0.0714. The third-order valence-electron chi connectivity index (χ3n) is 2.76. The smallest absolute Gasteiger partial charge is 0.336 e. The molecule has 0 atom stereocenters. The number of rotatable bonds is 3. The number of carboxylic acid groups (broad SMARTS) is 1. The minimum atomic E-state index is -1.18. The molecular weight excluding hydrogens is 244 g/mol. The zero-order chi connectivity index (χ0) is 14.0. The summed E-state index contributed by atoms with van der Waals surface area (Å²) in [7, 11) is 0. The van der Waals surface area contributed by atoms with Gasteiger partial charge in [0, 0.05) is 17.5 Å². The molecule has 5 heteroatoms. The average molecular weight is 256 g/mol. The lowest BCUT2D eigenvalue weighted by Gasteiger charge is -2.09. The number of aromatic nitrogens is 1. The van der Waals surface area contributed by atoms with Gasteiger partial charge >= 0.3 is 5.97 Å². The number of aromatic carboxylic acids is 1. The summed E-state index contributed by atoms with van der Waals surface area (Å²) >= 11 is 0. The van der Waals surface area contributed by atoms with Gasteiger partial charge in [-0.2, -0.15) is 0 Å². The fourth-order valence-corrected chi connectivity index (χ4v) is 1.86. The number of carboxylic acids is 1. The second kappa shape index (κ2) is 4.89. The van der Waals surface area contributed by atoms with E-state index in [1.165, 1.54) is 6.07 Å². The van der Waals surface area contributed by atoms with Gasteiger partial charge in [0.25, 0.3) is 0 Å². The van der Waals surface area contributed by atoms with E-state index < -0.39 is 11.9 Å². The molecule has 0 spiro atoms. The quantitative estimate of drug-likeness (QED) is 0.876. The number of nitrogens with two attached hydrogens (primary N) is 1. The van der Waals surface area contributed by atoms with E-state index in [1.54, 1.807) is 30.5 Å². The normalized spacial score (nSPS) is 10.2. The number of carbonyl (C=O) groups is 2. The van der Waals surface area contributed by atoms with Crippen molar-refractivity contribution >= 4 is 11.9 Å². The van der Waals surface area contributed by atoms with Gasteiger partial charge in [-0.15, -0.1) is 0 Å². The predicted octanol–water partition coefficient (Wildman–Crippen LogP) is 1.85. The standard InChI is InChI=1S/C14H12N2O3/c1-8-5-6-9(7-16-8)10-3-2-4-11(14(18)19)12(10)13(15)17/h2-7H,1H3,(H2,15,17)(H,18,19). The Morgan fingerprint density at radius 1 is 1.21 bits per heavy atom. The molecule has 0 saturated carbocycles. The number of hydrogen-bond acceptors (Lipinski definition) is 3. The molecule has 1 aromatic heterocycles. The van der Waals surface area contributed by atoms with Crippen LogP contribution in [0.1, 0.15) is 26.4 Å². The Labute approximate surface area is 109 Å². The highest BCUT2D eigenvalue weighted by molar-refractivity contribution is 6.08. The summed E-state index contributed by atoms with van der Waals surface area (Å²) in [5.74, 6) is -1.95. The van der Waals surface area contributed by atoms with E-state index in [2.05, 4.69) is 4.98 Å². The van der Waals surface area contributed by atoms with Gasteiger partial charge < -0.3 is 10.8 Å². The largest absolute Gasteiger partial charge is 0.478 e. The van der Waals surface area contributed by atoms with Crippen molar-refractivity contribution in [2.45, 2.75) is 6.92 Å². The van der Waals surface area contributed by atoms with Gasteiger partial charge in [-0.1, -0.05) is 18.2 Å². The molecule has 0 aliphatic rings. The van der Waals surface area contributed by atoms with E-state index in [0.29, 0.717) is 11.1 Å². The van der Waals surface area contributed by atoms with E-state index >= 15 is 0 Å². The average Bonchev–Trinajstić information content (AvgIpc) is 2.38. The van der Waals surface area contributed by atoms with Gasteiger partial charge in [0.2, 0.25) is 5.91 Å². The van der Waals surface area contributed by atoms with Crippen molar-refractivity contribution in [1.82, 2.24) is 4.98 Å². The molecule has 0 saturated heterocycles. The molecule has 0 bridgehead atoms. The van der Waals surface area contributed by atoms with E-state index in [9.17, 15) is 9.59 Å². The van der Waals surface area contributed by atoms with Crippen LogP contribution in [0.4, 0.5) is 0 Å². The van der Waals surface area contributed by atoms with Gasteiger partial charge in [0.05, 0.1) is 11.1 Å². The lowest BCUT2D eigenvalue weighted by Crippen LogP contribution is -2.17. The molecule has 5 nitrogen and oxygen atoms in total. The molecule has 2 aromatic rings. The van der Waals surface area contributed by atoms with E-state index in [-0.39, 0.29) is 11.1 Å². The molecule has 19 heavy (non-hydrogen) atoms. The van der Waals surface area contributed by atoms with Crippen molar-refractivity contribution in [2.75, 3.05) is 0 Å². The number of hydrogen-bond donors (Lipinski definition) is 2. The summed E-state index contributed by atoms with van der Waals surface area (Å²) in [5, 5.41) is 9.11. The Morgan fingerprint density at radius 2 is 1.95 bits per heavy atom. The van der Waals surface area contributed by atoms with Crippen LogP contribution < -0.4 is 5.73 Å². The van der Waals surface area contributed by atoms with Crippen LogP contribution in [0.2, 0.25) is 0 Å². The minimum absolute atomic E-state index is 0.000605. The molecule has 0 fully saturated rings. The number of benzene rings is 1. The summed E-state index contributed by atoms with van der Waals surface area (Å²) < 4.78 is 0. The monoisotopic (exact) mass is 256 g/mol. The van der Waals surface area contributed by atoms with Crippen LogP contribution in [-0.2, 0) is 0 Å². The molecule has 2 rings (SSSR count). The molecule has 0 aliphatic heterocycles. The summed E-state index contributed by atoms with van der Waals surface area (Å²) in [6.07, 6.45) is 1.59. The highest BCUT2D eigenvalue weighted by atomic mass is 16.4. The first-order chi connectivity index (χ1) is 9.00. The van der Waals surface area contributed by atoms with Crippen molar-refractivity contribution in [3.63, 3.8) is 0 Å². The van der Waals surface area contributed by atoms with Crippen molar-refractivity contribution in [2.24, 2.45) is 5.73 Å². The van der Waals surface area contributed by atoms with Crippen LogP contribution in [-0.4, -0.2) is 22.0 Å².